The van der Waals surface area contributed by atoms with E-state index in [1.807, 2.05) is 0 Å². The van der Waals surface area contributed by atoms with Crippen molar-refractivity contribution in [3.8, 4) is 0 Å². The lowest BCUT2D eigenvalue weighted by Crippen LogP contribution is -2.48. The van der Waals surface area contributed by atoms with Gasteiger partial charge >= 0.3 is 0 Å². The molecule has 0 amide bonds. The zero-order valence-corrected chi connectivity index (χ0v) is 14.3. The van der Waals surface area contributed by atoms with Crippen LogP contribution < -0.4 is 10.2 Å². The highest BCUT2D eigenvalue weighted by atomic mass is 35.5. The van der Waals surface area contributed by atoms with E-state index in [2.05, 4.69) is 56.1 Å². The number of nitrogens with one attached hydrogen (secondary N) is 1. The smallest absolute Gasteiger partial charge is 0.0723 e. The quantitative estimate of drug-likeness (QED) is 0.894. The maximum absolute atomic E-state index is 6.54. The van der Waals surface area contributed by atoms with E-state index in [0.29, 0.717) is 12.1 Å². The first kappa shape index (κ1) is 16.6. The lowest BCUT2D eigenvalue weighted by atomic mass is 10.1. The minimum Gasteiger partial charge on any atom is -0.375 e. The van der Waals surface area contributed by atoms with Gasteiger partial charge in [0.15, 0.2) is 0 Å². The summed E-state index contributed by atoms with van der Waals surface area (Å²) in [6.45, 7) is 11.2. The number of rotatable bonds is 5. The van der Waals surface area contributed by atoms with E-state index in [4.69, 9.17) is 16.3 Å². The molecule has 2 atom stereocenters. The Balaban J connectivity index is 2.15. The maximum atomic E-state index is 6.54. The zero-order chi connectivity index (χ0) is 15.4. The number of nitrogens with zero attached hydrogens (tertiary/aromatic N) is 1. The Kier molecular flexibility index (Phi) is 5.91. The van der Waals surface area contributed by atoms with Crippen molar-refractivity contribution >= 4 is 17.3 Å². The molecule has 3 nitrogen and oxygen atoms in total. The van der Waals surface area contributed by atoms with Crippen LogP contribution in [0.5, 0.6) is 0 Å². The highest BCUT2D eigenvalue weighted by Crippen LogP contribution is 2.31. The summed E-state index contributed by atoms with van der Waals surface area (Å²) in [6.07, 6.45) is 1.32. The Morgan fingerprint density at radius 2 is 2.19 bits per heavy atom. The molecule has 118 valence electrons. The van der Waals surface area contributed by atoms with Crippen molar-refractivity contribution in [3.63, 3.8) is 0 Å². The van der Waals surface area contributed by atoms with Gasteiger partial charge in [-0.2, -0.15) is 0 Å². The summed E-state index contributed by atoms with van der Waals surface area (Å²) >= 11 is 6.54. The zero-order valence-electron chi connectivity index (χ0n) is 13.5. The number of morpholine rings is 1. The molecule has 1 aliphatic heterocycles. The predicted octanol–water partition coefficient (Wildman–Crippen LogP) is 3.84. The fourth-order valence-corrected chi connectivity index (χ4v) is 3.00. The van der Waals surface area contributed by atoms with Crippen LogP contribution in [0.2, 0.25) is 5.02 Å². The molecule has 0 aromatic heterocycles. The Morgan fingerprint density at radius 1 is 1.43 bits per heavy atom. The number of ether oxygens (including phenoxy) is 1. The van der Waals surface area contributed by atoms with Gasteiger partial charge in [-0.1, -0.05) is 38.4 Å². The Hall–Kier alpha value is -0.770. The van der Waals surface area contributed by atoms with Crippen molar-refractivity contribution in [2.75, 3.05) is 18.1 Å². The SMILES string of the molecule is CCC1COC(C)CN1c1ccc(CNC(C)C)cc1Cl. The normalized spacial score (nSPS) is 22.9. The number of hydrogen-bond donors (Lipinski definition) is 1. The van der Waals surface area contributed by atoms with Crippen LogP contribution in [-0.4, -0.2) is 31.3 Å². The Bertz CT molecular complexity index is 464. The summed E-state index contributed by atoms with van der Waals surface area (Å²) in [6, 6.07) is 7.30. The van der Waals surface area contributed by atoms with E-state index in [-0.39, 0.29) is 6.10 Å². The number of halogens is 1. The van der Waals surface area contributed by atoms with Gasteiger partial charge in [-0.15, -0.1) is 0 Å². The summed E-state index contributed by atoms with van der Waals surface area (Å²) in [4.78, 5) is 2.40. The third-order valence-electron chi connectivity index (χ3n) is 3.97. The lowest BCUT2D eigenvalue weighted by Gasteiger charge is -2.40. The predicted molar refractivity (Wildman–Crippen MR) is 90.3 cm³/mol. The van der Waals surface area contributed by atoms with Crippen molar-refractivity contribution in [3.05, 3.63) is 28.8 Å². The van der Waals surface area contributed by atoms with Crippen LogP contribution in [0.1, 0.15) is 39.7 Å². The summed E-state index contributed by atoms with van der Waals surface area (Å²) in [5.41, 5.74) is 2.36. The monoisotopic (exact) mass is 310 g/mol. The van der Waals surface area contributed by atoms with Gasteiger partial charge < -0.3 is 15.0 Å². The Labute approximate surface area is 133 Å². The molecular weight excluding hydrogens is 284 g/mol. The van der Waals surface area contributed by atoms with Crippen LogP contribution in [0.15, 0.2) is 18.2 Å². The molecule has 2 rings (SSSR count). The van der Waals surface area contributed by atoms with E-state index in [1.165, 1.54) is 5.56 Å². The van der Waals surface area contributed by atoms with Crippen LogP contribution in [0.3, 0.4) is 0 Å². The third-order valence-corrected chi connectivity index (χ3v) is 4.28. The number of anilines is 1. The van der Waals surface area contributed by atoms with Crippen LogP contribution in [0.4, 0.5) is 5.69 Å². The number of hydrogen-bond acceptors (Lipinski definition) is 3. The molecule has 0 bridgehead atoms. The van der Waals surface area contributed by atoms with E-state index in [9.17, 15) is 0 Å². The number of benzene rings is 1. The lowest BCUT2D eigenvalue weighted by molar-refractivity contribution is 0.0300. The third kappa shape index (κ3) is 4.35. The van der Waals surface area contributed by atoms with Crippen LogP contribution >= 0.6 is 11.6 Å². The standard InChI is InChI=1S/C17H27ClN2O/c1-5-15-11-21-13(4)10-20(15)17-7-6-14(8-16(17)18)9-19-12(2)3/h6-8,12-13,15,19H,5,9-11H2,1-4H3. The molecule has 2 unspecified atom stereocenters. The first-order valence-corrected chi connectivity index (χ1v) is 8.29. The van der Waals surface area contributed by atoms with Crippen molar-refractivity contribution in [2.24, 2.45) is 0 Å². The van der Waals surface area contributed by atoms with E-state index in [0.717, 1.165) is 36.8 Å². The first-order chi connectivity index (χ1) is 10.0. The highest BCUT2D eigenvalue weighted by Gasteiger charge is 2.27. The fraction of sp³-hybridized carbons (Fsp3) is 0.647. The average Bonchev–Trinajstić information content (AvgIpc) is 2.45. The summed E-state index contributed by atoms with van der Waals surface area (Å²) in [5.74, 6) is 0. The molecule has 0 aliphatic carbocycles. The van der Waals surface area contributed by atoms with E-state index in [1.54, 1.807) is 0 Å². The fourth-order valence-electron chi connectivity index (χ4n) is 2.69. The van der Waals surface area contributed by atoms with Gasteiger partial charge in [0.05, 0.1) is 29.5 Å². The molecule has 0 radical (unpaired) electrons. The molecule has 1 heterocycles. The van der Waals surface area contributed by atoms with Crippen molar-refractivity contribution in [1.82, 2.24) is 5.32 Å². The molecular formula is C17H27ClN2O. The van der Waals surface area contributed by atoms with E-state index < -0.39 is 0 Å². The van der Waals surface area contributed by atoms with Gasteiger partial charge in [-0.25, -0.2) is 0 Å². The largest absolute Gasteiger partial charge is 0.375 e. The van der Waals surface area contributed by atoms with Crippen LogP contribution in [0, 0.1) is 0 Å². The molecule has 1 saturated heterocycles. The van der Waals surface area contributed by atoms with Gasteiger partial charge in [0.1, 0.15) is 0 Å². The first-order valence-electron chi connectivity index (χ1n) is 7.91. The van der Waals surface area contributed by atoms with Crippen molar-refractivity contribution < 1.29 is 4.74 Å². The second-order valence-electron chi connectivity index (χ2n) is 6.18. The van der Waals surface area contributed by atoms with Crippen LogP contribution in [0.25, 0.3) is 0 Å². The van der Waals surface area contributed by atoms with Crippen molar-refractivity contribution in [2.45, 2.75) is 58.8 Å². The molecule has 1 fully saturated rings. The van der Waals surface area contributed by atoms with Crippen LogP contribution in [-0.2, 0) is 11.3 Å². The molecule has 1 aliphatic rings. The molecule has 1 N–H and O–H groups in total. The highest BCUT2D eigenvalue weighted by molar-refractivity contribution is 6.33. The maximum Gasteiger partial charge on any atom is 0.0723 e. The molecule has 4 heteroatoms. The van der Waals surface area contributed by atoms with Gasteiger partial charge in [0.25, 0.3) is 0 Å². The topological polar surface area (TPSA) is 24.5 Å². The molecule has 1 aromatic carbocycles. The molecule has 1 aromatic rings. The minimum atomic E-state index is 0.256. The summed E-state index contributed by atoms with van der Waals surface area (Å²) in [5, 5.41) is 4.26. The summed E-state index contributed by atoms with van der Waals surface area (Å²) < 4.78 is 5.77. The molecule has 21 heavy (non-hydrogen) atoms. The summed E-state index contributed by atoms with van der Waals surface area (Å²) in [7, 11) is 0. The minimum absolute atomic E-state index is 0.256. The van der Waals surface area contributed by atoms with Gasteiger partial charge in [0, 0.05) is 19.1 Å². The molecule has 0 spiro atoms. The van der Waals surface area contributed by atoms with Crippen molar-refractivity contribution in [1.29, 1.82) is 0 Å². The van der Waals surface area contributed by atoms with Gasteiger partial charge in [-0.05, 0) is 31.0 Å². The molecule has 0 saturated carbocycles. The second kappa shape index (κ2) is 7.48. The average molecular weight is 311 g/mol. The van der Waals surface area contributed by atoms with E-state index >= 15 is 0 Å². The van der Waals surface area contributed by atoms with Gasteiger partial charge in [0.2, 0.25) is 0 Å². The second-order valence-corrected chi connectivity index (χ2v) is 6.59. The Morgan fingerprint density at radius 3 is 2.81 bits per heavy atom. The van der Waals surface area contributed by atoms with Gasteiger partial charge in [-0.3, -0.25) is 0 Å².